The molecule has 0 atom stereocenters. The van der Waals surface area contributed by atoms with E-state index in [1.54, 1.807) is 30.5 Å². The normalized spacial score (nSPS) is 15.9. The molecule has 0 unspecified atom stereocenters. The first-order chi connectivity index (χ1) is 7.10. The van der Waals surface area contributed by atoms with Crippen LogP contribution in [0.15, 0.2) is 41.4 Å². The Morgan fingerprint density at radius 1 is 1.27 bits per heavy atom. The lowest BCUT2D eigenvalue weighted by atomic mass is 10.2. The fraction of sp³-hybridized carbons (Fsp3) is 0.200. The average Bonchev–Trinajstić information content (AvgIpc) is 2.71. The lowest BCUT2D eigenvalue weighted by Gasteiger charge is -2.14. The fourth-order valence-electron chi connectivity index (χ4n) is 1.25. The highest BCUT2D eigenvalue weighted by Gasteiger charge is 2.23. The summed E-state index contributed by atoms with van der Waals surface area (Å²) in [7, 11) is -3.35. The average molecular weight is 241 g/mol. The highest BCUT2D eigenvalue weighted by Crippen LogP contribution is 2.27. The summed E-state index contributed by atoms with van der Waals surface area (Å²) in [5.74, 6) is 0.713. The van der Waals surface area contributed by atoms with Crippen LogP contribution in [0.5, 0.6) is 0 Å². The number of sulfonamides is 1. The van der Waals surface area contributed by atoms with E-state index in [2.05, 4.69) is 0 Å². The van der Waals surface area contributed by atoms with E-state index in [4.69, 9.17) is 0 Å². The number of hydrogen-bond acceptors (Lipinski definition) is 3. The third kappa shape index (κ3) is 2.03. The first-order valence-electron chi connectivity index (χ1n) is 4.51. The van der Waals surface area contributed by atoms with E-state index >= 15 is 0 Å². The van der Waals surface area contributed by atoms with Crippen LogP contribution in [0.25, 0.3) is 0 Å². The van der Waals surface area contributed by atoms with Gasteiger partial charge in [-0.05, 0) is 31.0 Å². The molecular formula is C10H11NO2S2. The number of benzene rings is 1. The Morgan fingerprint density at radius 2 is 1.93 bits per heavy atom. The smallest absolute Gasteiger partial charge is 0.215 e. The zero-order chi connectivity index (χ0) is 10.9. The molecule has 5 heteroatoms. The van der Waals surface area contributed by atoms with E-state index in [0.29, 0.717) is 10.6 Å². The maximum Gasteiger partial charge on any atom is 0.273 e. The van der Waals surface area contributed by atoms with Crippen molar-refractivity contribution in [3.63, 3.8) is 0 Å². The maximum absolute atomic E-state index is 12.0. The molecule has 0 radical (unpaired) electrons. The van der Waals surface area contributed by atoms with Crippen LogP contribution in [0.3, 0.4) is 0 Å². The standard InChI is InChI=1S/C10H11NO2S2/c1-9-3-5-10(6-4-9)15(12,13)11-7-2-8-14-11/h2-7H,8H2,1H3. The lowest BCUT2D eigenvalue weighted by molar-refractivity contribution is 0.573. The molecule has 0 fully saturated rings. The van der Waals surface area contributed by atoms with Gasteiger partial charge in [-0.3, -0.25) is 0 Å². The van der Waals surface area contributed by atoms with E-state index in [1.807, 2.05) is 13.0 Å². The molecule has 2 rings (SSSR count). The first-order valence-corrected chi connectivity index (χ1v) is 6.89. The van der Waals surface area contributed by atoms with Gasteiger partial charge >= 0.3 is 0 Å². The summed E-state index contributed by atoms with van der Waals surface area (Å²) in [6.45, 7) is 1.93. The molecule has 1 aliphatic rings. The van der Waals surface area contributed by atoms with Crippen LogP contribution < -0.4 is 0 Å². The van der Waals surface area contributed by atoms with Gasteiger partial charge in [-0.25, -0.2) is 12.1 Å². The van der Waals surface area contributed by atoms with Gasteiger partial charge in [0.05, 0.1) is 4.90 Å². The Labute approximate surface area is 94.0 Å². The molecule has 0 aliphatic carbocycles. The molecule has 1 aromatic rings. The number of nitrogens with zero attached hydrogens (tertiary/aromatic N) is 1. The third-order valence-corrected chi connectivity index (χ3v) is 5.17. The van der Waals surface area contributed by atoms with Crippen molar-refractivity contribution in [2.45, 2.75) is 11.8 Å². The van der Waals surface area contributed by atoms with Gasteiger partial charge in [-0.15, -0.1) is 0 Å². The minimum atomic E-state index is -3.35. The van der Waals surface area contributed by atoms with Gasteiger partial charge < -0.3 is 0 Å². The van der Waals surface area contributed by atoms with Crippen molar-refractivity contribution >= 4 is 22.0 Å². The summed E-state index contributed by atoms with van der Waals surface area (Å²) >= 11 is 1.28. The molecule has 0 N–H and O–H groups in total. The van der Waals surface area contributed by atoms with Gasteiger partial charge in [0.2, 0.25) is 0 Å². The zero-order valence-electron chi connectivity index (χ0n) is 8.25. The fourth-order valence-corrected chi connectivity index (χ4v) is 3.67. The minimum Gasteiger partial charge on any atom is -0.215 e. The second-order valence-electron chi connectivity index (χ2n) is 3.25. The molecular weight excluding hydrogens is 230 g/mol. The SMILES string of the molecule is Cc1ccc(S(=O)(=O)N2C=CCS2)cc1. The van der Waals surface area contributed by atoms with Crippen LogP contribution in [0.4, 0.5) is 0 Å². The Bertz CT molecular complexity index is 477. The predicted octanol–water partition coefficient (Wildman–Crippen LogP) is 2.16. The highest BCUT2D eigenvalue weighted by molar-refractivity contribution is 8.08. The van der Waals surface area contributed by atoms with Gasteiger partial charge in [-0.1, -0.05) is 23.8 Å². The largest absolute Gasteiger partial charge is 0.273 e. The summed E-state index contributed by atoms with van der Waals surface area (Å²) < 4.78 is 25.3. The maximum atomic E-state index is 12.0. The van der Waals surface area contributed by atoms with Crippen molar-refractivity contribution in [1.29, 1.82) is 0 Å². The second kappa shape index (κ2) is 3.90. The summed E-state index contributed by atoms with van der Waals surface area (Å²) in [6.07, 6.45) is 3.43. The Hall–Kier alpha value is -0.940. The third-order valence-electron chi connectivity index (χ3n) is 2.08. The van der Waals surface area contributed by atoms with Crippen LogP contribution in [0.1, 0.15) is 5.56 Å². The molecule has 80 valence electrons. The molecule has 0 amide bonds. The first kappa shape index (κ1) is 10.6. The van der Waals surface area contributed by atoms with Gasteiger partial charge in [0, 0.05) is 12.0 Å². The van der Waals surface area contributed by atoms with Crippen LogP contribution in [-0.2, 0) is 10.0 Å². The van der Waals surface area contributed by atoms with Crippen molar-refractivity contribution in [2.24, 2.45) is 0 Å². The zero-order valence-corrected chi connectivity index (χ0v) is 9.88. The number of hydrogen-bond donors (Lipinski definition) is 0. The van der Waals surface area contributed by atoms with Crippen molar-refractivity contribution in [3.05, 3.63) is 42.1 Å². The van der Waals surface area contributed by atoms with E-state index in [-0.39, 0.29) is 0 Å². The van der Waals surface area contributed by atoms with Crippen molar-refractivity contribution < 1.29 is 8.42 Å². The Kier molecular flexibility index (Phi) is 2.75. The highest BCUT2D eigenvalue weighted by atomic mass is 32.3. The van der Waals surface area contributed by atoms with Crippen LogP contribution in [0.2, 0.25) is 0 Å². The minimum absolute atomic E-state index is 0.340. The van der Waals surface area contributed by atoms with Crippen molar-refractivity contribution in [1.82, 2.24) is 3.71 Å². The number of rotatable bonds is 2. The topological polar surface area (TPSA) is 37.4 Å². The molecule has 1 aromatic carbocycles. The molecule has 0 bridgehead atoms. The predicted molar refractivity (Wildman–Crippen MR) is 61.8 cm³/mol. The summed E-state index contributed by atoms with van der Waals surface area (Å²) in [6, 6.07) is 6.88. The van der Waals surface area contributed by atoms with Crippen LogP contribution >= 0.6 is 11.9 Å². The van der Waals surface area contributed by atoms with Gasteiger partial charge in [-0.2, -0.15) is 0 Å². The molecule has 0 aromatic heterocycles. The summed E-state index contributed by atoms with van der Waals surface area (Å²) in [4.78, 5) is 0.340. The number of aryl methyl sites for hydroxylation is 1. The van der Waals surface area contributed by atoms with E-state index in [0.717, 1.165) is 5.56 Å². The Morgan fingerprint density at radius 3 is 2.47 bits per heavy atom. The molecule has 0 saturated carbocycles. The molecule has 1 heterocycles. The summed E-state index contributed by atoms with van der Waals surface area (Å²) in [5.41, 5.74) is 1.05. The molecule has 0 spiro atoms. The van der Waals surface area contributed by atoms with Crippen LogP contribution in [0, 0.1) is 6.92 Å². The molecule has 3 nitrogen and oxygen atoms in total. The van der Waals surface area contributed by atoms with Gasteiger partial charge in [0.1, 0.15) is 0 Å². The van der Waals surface area contributed by atoms with Gasteiger partial charge in [0.15, 0.2) is 0 Å². The Balaban J connectivity index is 2.37. The quantitative estimate of drug-likeness (QED) is 0.745. The van der Waals surface area contributed by atoms with Crippen LogP contribution in [-0.4, -0.2) is 17.9 Å². The second-order valence-corrected chi connectivity index (χ2v) is 6.29. The lowest BCUT2D eigenvalue weighted by Crippen LogP contribution is -2.17. The monoisotopic (exact) mass is 241 g/mol. The van der Waals surface area contributed by atoms with Crippen molar-refractivity contribution in [2.75, 3.05) is 5.75 Å². The van der Waals surface area contributed by atoms with E-state index in [1.165, 1.54) is 15.7 Å². The summed E-state index contributed by atoms with van der Waals surface area (Å²) in [5, 5.41) is 0. The molecule has 0 saturated heterocycles. The van der Waals surface area contributed by atoms with E-state index in [9.17, 15) is 8.42 Å². The van der Waals surface area contributed by atoms with Gasteiger partial charge in [0.25, 0.3) is 10.0 Å². The van der Waals surface area contributed by atoms with Crippen molar-refractivity contribution in [3.8, 4) is 0 Å². The van der Waals surface area contributed by atoms with E-state index < -0.39 is 10.0 Å². The molecule has 1 aliphatic heterocycles. The molecule has 15 heavy (non-hydrogen) atoms.